The number of benzene rings is 1. The lowest BCUT2D eigenvalue weighted by Gasteiger charge is -2.28. The minimum atomic E-state index is -0.967. The van der Waals surface area contributed by atoms with Gasteiger partial charge < -0.3 is 10.4 Å². The van der Waals surface area contributed by atoms with Gasteiger partial charge in [-0.25, -0.2) is 10.2 Å². The Kier molecular flexibility index (Phi) is 5.16. The van der Waals surface area contributed by atoms with Crippen molar-refractivity contribution in [2.45, 2.75) is 63.1 Å². The van der Waals surface area contributed by atoms with Crippen molar-refractivity contribution in [2.75, 3.05) is 0 Å². The van der Waals surface area contributed by atoms with Gasteiger partial charge in [0.25, 0.3) is 0 Å². The average Bonchev–Trinajstić information content (AvgIpc) is 3.01. The van der Waals surface area contributed by atoms with Gasteiger partial charge in [0, 0.05) is 6.04 Å². The summed E-state index contributed by atoms with van der Waals surface area (Å²) in [7, 11) is 0. The van der Waals surface area contributed by atoms with Crippen molar-refractivity contribution in [3.8, 4) is 0 Å². The standard InChI is InChI=1S/C18H25N3O3/c1-11-9-15(21-20-11)17(22)19-16(18(23)24)10-13-7-4-6-12-5-2-3-8-14(12)13/h2-3,5,8,11,13,15-16,20-21H,4,6-7,9-10H2,1H3,(H,19,22)(H,23,24). The minimum Gasteiger partial charge on any atom is -0.480 e. The smallest absolute Gasteiger partial charge is 0.326 e. The monoisotopic (exact) mass is 331 g/mol. The summed E-state index contributed by atoms with van der Waals surface area (Å²) in [6.45, 7) is 1.98. The fourth-order valence-electron chi connectivity index (χ4n) is 3.76. The summed E-state index contributed by atoms with van der Waals surface area (Å²) in [5, 5.41) is 12.3. The molecule has 6 nitrogen and oxygen atoms in total. The highest BCUT2D eigenvalue weighted by atomic mass is 16.4. The normalized spacial score (nSPS) is 27.3. The molecule has 1 aromatic carbocycles. The molecule has 4 N–H and O–H groups in total. The lowest BCUT2D eigenvalue weighted by molar-refractivity contribution is -0.142. The van der Waals surface area contributed by atoms with E-state index in [0.717, 1.165) is 19.3 Å². The molecule has 6 heteroatoms. The third-order valence-electron chi connectivity index (χ3n) is 5.04. The maximum atomic E-state index is 12.3. The Morgan fingerprint density at radius 1 is 1.33 bits per heavy atom. The molecule has 1 aliphatic carbocycles. The van der Waals surface area contributed by atoms with Gasteiger partial charge in [0.15, 0.2) is 0 Å². The Morgan fingerprint density at radius 2 is 2.12 bits per heavy atom. The van der Waals surface area contributed by atoms with Crippen LogP contribution in [0.3, 0.4) is 0 Å². The van der Waals surface area contributed by atoms with Crippen molar-refractivity contribution >= 4 is 11.9 Å². The predicted molar refractivity (Wildman–Crippen MR) is 90.4 cm³/mol. The predicted octanol–water partition coefficient (Wildman–Crippen LogP) is 1.32. The number of hydrogen-bond donors (Lipinski definition) is 4. The second-order valence-corrected chi connectivity index (χ2v) is 6.90. The molecule has 0 bridgehead atoms. The zero-order valence-electron chi connectivity index (χ0n) is 13.9. The number of nitrogens with one attached hydrogen (secondary N) is 3. The second-order valence-electron chi connectivity index (χ2n) is 6.90. The first-order chi connectivity index (χ1) is 11.5. The molecule has 1 amide bonds. The van der Waals surface area contributed by atoms with Gasteiger partial charge in [0.05, 0.1) is 0 Å². The molecule has 4 atom stereocenters. The number of aliphatic carboxylic acids is 1. The maximum absolute atomic E-state index is 12.3. The Hall–Kier alpha value is -1.92. The van der Waals surface area contributed by atoms with Crippen LogP contribution in [-0.4, -0.2) is 35.1 Å². The van der Waals surface area contributed by atoms with Crippen LogP contribution in [0, 0.1) is 0 Å². The molecule has 0 saturated carbocycles. The number of carbonyl (C=O) groups is 2. The van der Waals surface area contributed by atoms with Crippen LogP contribution in [0.25, 0.3) is 0 Å². The van der Waals surface area contributed by atoms with E-state index in [0.29, 0.717) is 12.8 Å². The second kappa shape index (κ2) is 7.32. The van der Waals surface area contributed by atoms with Crippen LogP contribution in [0.5, 0.6) is 0 Å². The van der Waals surface area contributed by atoms with Crippen molar-refractivity contribution < 1.29 is 14.7 Å². The summed E-state index contributed by atoms with van der Waals surface area (Å²) in [5.41, 5.74) is 8.44. The highest BCUT2D eigenvalue weighted by Gasteiger charge is 2.32. The maximum Gasteiger partial charge on any atom is 0.326 e. The Morgan fingerprint density at radius 3 is 2.83 bits per heavy atom. The zero-order valence-corrected chi connectivity index (χ0v) is 13.9. The number of fused-ring (bicyclic) bond motifs is 1. The third kappa shape index (κ3) is 3.76. The summed E-state index contributed by atoms with van der Waals surface area (Å²) in [4.78, 5) is 24.0. The fraction of sp³-hybridized carbons (Fsp3) is 0.556. The summed E-state index contributed by atoms with van der Waals surface area (Å²) >= 11 is 0. The number of hydrogen-bond acceptors (Lipinski definition) is 4. The average molecular weight is 331 g/mol. The minimum absolute atomic E-state index is 0.185. The molecule has 1 fully saturated rings. The Labute approximate surface area is 142 Å². The van der Waals surface area contributed by atoms with E-state index < -0.39 is 12.0 Å². The quantitative estimate of drug-likeness (QED) is 0.653. The van der Waals surface area contributed by atoms with E-state index in [9.17, 15) is 14.7 Å². The highest BCUT2D eigenvalue weighted by molar-refractivity contribution is 5.87. The summed E-state index contributed by atoms with van der Waals surface area (Å²) < 4.78 is 0. The molecule has 4 unspecified atom stereocenters. The lowest BCUT2D eigenvalue weighted by atomic mass is 9.79. The SMILES string of the molecule is CC1CC(C(=O)NC(CC2CCCc3ccccc32)C(=O)O)NN1. The Balaban J connectivity index is 1.67. The number of amides is 1. The van der Waals surface area contributed by atoms with Gasteiger partial charge in [-0.2, -0.15) is 0 Å². The molecule has 0 aromatic heterocycles. The highest BCUT2D eigenvalue weighted by Crippen LogP contribution is 2.34. The van der Waals surface area contributed by atoms with Crippen LogP contribution in [0.4, 0.5) is 0 Å². The van der Waals surface area contributed by atoms with E-state index in [-0.39, 0.29) is 23.9 Å². The molecule has 0 radical (unpaired) electrons. The van der Waals surface area contributed by atoms with Crippen LogP contribution < -0.4 is 16.2 Å². The zero-order chi connectivity index (χ0) is 17.1. The largest absolute Gasteiger partial charge is 0.480 e. The van der Waals surface area contributed by atoms with Crippen LogP contribution in [-0.2, 0) is 16.0 Å². The molecule has 1 saturated heterocycles. The topological polar surface area (TPSA) is 90.5 Å². The van der Waals surface area contributed by atoms with E-state index in [1.54, 1.807) is 0 Å². The number of hydrazine groups is 1. The van der Waals surface area contributed by atoms with Gasteiger partial charge in [-0.1, -0.05) is 24.3 Å². The molecule has 0 spiro atoms. The van der Waals surface area contributed by atoms with Crippen molar-refractivity contribution in [2.24, 2.45) is 0 Å². The van der Waals surface area contributed by atoms with Crippen LogP contribution >= 0.6 is 0 Å². The first kappa shape index (κ1) is 16.9. The van der Waals surface area contributed by atoms with E-state index >= 15 is 0 Å². The molecule has 1 aromatic rings. The van der Waals surface area contributed by atoms with Crippen molar-refractivity contribution in [1.29, 1.82) is 0 Å². The number of rotatable bonds is 5. The van der Waals surface area contributed by atoms with E-state index in [1.807, 2.05) is 19.1 Å². The van der Waals surface area contributed by atoms with E-state index in [4.69, 9.17) is 0 Å². The summed E-state index contributed by atoms with van der Waals surface area (Å²) in [6.07, 6.45) is 4.18. The summed E-state index contributed by atoms with van der Waals surface area (Å²) in [6, 6.07) is 7.20. The molecular weight excluding hydrogens is 306 g/mol. The van der Waals surface area contributed by atoms with Gasteiger partial charge in [-0.15, -0.1) is 0 Å². The van der Waals surface area contributed by atoms with Gasteiger partial charge >= 0.3 is 5.97 Å². The molecule has 2 aliphatic rings. The van der Waals surface area contributed by atoms with Gasteiger partial charge in [-0.05, 0) is 56.1 Å². The molecule has 130 valence electrons. The van der Waals surface area contributed by atoms with Crippen LogP contribution in [0.1, 0.15) is 49.7 Å². The van der Waals surface area contributed by atoms with Gasteiger partial charge in [0.2, 0.25) is 5.91 Å². The number of carboxylic acid groups (broad SMARTS) is 1. The van der Waals surface area contributed by atoms with E-state index in [2.05, 4.69) is 28.3 Å². The lowest BCUT2D eigenvalue weighted by Crippen LogP contribution is -2.50. The Bertz CT molecular complexity index is 619. The van der Waals surface area contributed by atoms with E-state index in [1.165, 1.54) is 11.1 Å². The van der Waals surface area contributed by atoms with Gasteiger partial charge in [0.1, 0.15) is 12.1 Å². The molecule has 1 aliphatic heterocycles. The van der Waals surface area contributed by atoms with Crippen LogP contribution in [0.15, 0.2) is 24.3 Å². The van der Waals surface area contributed by atoms with Crippen LogP contribution in [0.2, 0.25) is 0 Å². The number of aryl methyl sites for hydroxylation is 1. The van der Waals surface area contributed by atoms with Crippen molar-refractivity contribution in [1.82, 2.24) is 16.2 Å². The first-order valence-electron chi connectivity index (χ1n) is 8.66. The van der Waals surface area contributed by atoms with Gasteiger partial charge in [-0.3, -0.25) is 10.2 Å². The van der Waals surface area contributed by atoms with Crippen molar-refractivity contribution in [3.63, 3.8) is 0 Å². The molecule has 24 heavy (non-hydrogen) atoms. The van der Waals surface area contributed by atoms with Crippen molar-refractivity contribution in [3.05, 3.63) is 35.4 Å². The molecular formula is C18H25N3O3. The summed E-state index contributed by atoms with van der Waals surface area (Å²) in [5.74, 6) is -1.03. The fourth-order valence-corrected chi connectivity index (χ4v) is 3.76. The number of carbonyl (C=O) groups excluding carboxylic acids is 1. The molecule has 3 rings (SSSR count). The molecule has 1 heterocycles. The third-order valence-corrected chi connectivity index (χ3v) is 5.04. The first-order valence-corrected chi connectivity index (χ1v) is 8.66. The number of carboxylic acids is 1.